The summed E-state index contributed by atoms with van der Waals surface area (Å²) >= 11 is 6.39. The number of carboxylic acid groups (broad SMARTS) is 1. The minimum atomic E-state index is -3.90. The van der Waals surface area contributed by atoms with Crippen LogP contribution >= 0.6 is 31.9 Å². The molecule has 0 saturated heterocycles. The van der Waals surface area contributed by atoms with Crippen molar-refractivity contribution in [2.24, 2.45) is 5.92 Å². The Morgan fingerprint density at radius 1 is 1.35 bits per heavy atom. The third kappa shape index (κ3) is 4.83. The van der Waals surface area contributed by atoms with E-state index in [9.17, 15) is 13.2 Å². The molecule has 1 unspecified atom stereocenters. The fraction of sp³-hybridized carbons (Fsp3) is 0.417. The molecule has 112 valence electrons. The highest BCUT2D eigenvalue weighted by Crippen LogP contribution is 2.26. The predicted molar refractivity (Wildman–Crippen MR) is 83.0 cm³/mol. The second-order valence-corrected chi connectivity index (χ2v) is 8.17. The molecule has 1 aromatic carbocycles. The van der Waals surface area contributed by atoms with E-state index in [-0.39, 0.29) is 17.2 Å². The molecule has 0 amide bonds. The van der Waals surface area contributed by atoms with E-state index in [0.29, 0.717) is 4.47 Å². The van der Waals surface area contributed by atoms with E-state index in [2.05, 4.69) is 36.6 Å². The number of carboxylic acids is 1. The van der Waals surface area contributed by atoms with Gasteiger partial charge in [-0.05, 0) is 46.5 Å². The van der Waals surface area contributed by atoms with Gasteiger partial charge in [0.15, 0.2) is 0 Å². The molecular weight excluding hydrogens is 414 g/mol. The van der Waals surface area contributed by atoms with Crippen molar-refractivity contribution >= 4 is 47.9 Å². The number of halogens is 2. The first-order chi connectivity index (χ1) is 9.13. The molecule has 0 saturated carbocycles. The summed E-state index contributed by atoms with van der Waals surface area (Å²) in [5.41, 5.74) is 0. The Hall–Kier alpha value is -0.440. The molecule has 0 fully saturated rings. The van der Waals surface area contributed by atoms with Crippen molar-refractivity contribution in [3.63, 3.8) is 0 Å². The van der Waals surface area contributed by atoms with Crippen LogP contribution in [0.2, 0.25) is 0 Å². The Balaban J connectivity index is 3.06. The van der Waals surface area contributed by atoms with Crippen molar-refractivity contribution in [2.75, 3.05) is 0 Å². The number of carbonyl (C=O) groups is 1. The first-order valence-corrected chi connectivity index (χ1v) is 8.90. The number of nitrogens with one attached hydrogen (secondary N) is 1. The highest BCUT2D eigenvalue weighted by Gasteiger charge is 2.27. The minimum Gasteiger partial charge on any atom is -0.480 e. The molecule has 1 atom stereocenters. The summed E-state index contributed by atoms with van der Waals surface area (Å²) in [6, 6.07) is 3.44. The van der Waals surface area contributed by atoms with Crippen molar-refractivity contribution in [2.45, 2.75) is 31.2 Å². The molecule has 1 aromatic rings. The molecule has 8 heteroatoms. The SMILES string of the molecule is CC(C)CC(NS(=O)(=O)c1ccc(Br)cc1Br)C(=O)O. The number of benzene rings is 1. The van der Waals surface area contributed by atoms with Gasteiger partial charge in [0.2, 0.25) is 10.0 Å². The Morgan fingerprint density at radius 3 is 2.40 bits per heavy atom. The second-order valence-electron chi connectivity index (χ2n) is 4.72. The molecule has 0 bridgehead atoms. The van der Waals surface area contributed by atoms with Gasteiger partial charge in [-0.2, -0.15) is 4.72 Å². The van der Waals surface area contributed by atoms with Crippen molar-refractivity contribution in [3.8, 4) is 0 Å². The molecule has 5 nitrogen and oxygen atoms in total. The fourth-order valence-electron chi connectivity index (χ4n) is 1.61. The van der Waals surface area contributed by atoms with Gasteiger partial charge in [0.1, 0.15) is 6.04 Å². The third-order valence-corrected chi connectivity index (χ3v) is 5.43. The van der Waals surface area contributed by atoms with Crippen LogP contribution in [0.1, 0.15) is 20.3 Å². The number of sulfonamides is 1. The van der Waals surface area contributed by atoms with Gasteiger partial charge in [-0.15, -0.1) is 0 Å². The molecule has 20 heavy (non-hydrogen) atoms. The average Bonchev–Trinajstić information content (AvgIpc) is 2.26. The summed E-state index contributed by atoms with van der Waals surface area (Å²) in [7, 11) is -3.90. The van der Waals surface area contributed by atoms with Crippen molar-refractivity contribution < 1.29 is 18.3 Å². The molecule has 0 radical (unpaired) electrons. The van der Waals surface area contributed by atoms with Crippen LogP contribution < -0.4 is 4.72 Å². The summed E-state index contributed by atoms with van der Waals surface area (Å²) < 4.78 is 27.8. The fourth-order valence-corrected chi connectivity index (χ4v) is 4.56. The zero-order valence-electron chi connectivity index (χ0n) is 10.9. The lowest BCUT2D eigenvalue weighted by Gasteiger charge is -2.17. The number of rotatable bonds is 6. The van der Waals surface area contributed by atoms with Gasteiger partial charge >= 0.3 is 5.97 Å². The lowest BCUT2D eigenvalue weighted by atomic mass is 10.1. The van der Waals surface area contributed by atoms with Gasteiger partial charge in [-0.1, -0.05) is 29.8 Å². The van der Waals surface area contributed by atoms with E-state index in [1.165, 1.54) is 6.07 Å². The Kier molecular flexibility index (Phi) is 6.18. The minimum absolute atomic E-state index is 0.00991. The van der Waals surface area contributed by atoms with Crippen LogP contribution in [0.3, 0.4) is 0 Å². The Labute approximate surface area is 135 Å². The maximum absolute atomic E-state index is 12.2. The van der Waals surface area contributed by atoms with Crippen molar-refractivity contribution in [3.05, 3.63) is 27.1 Å². The number of aliphatic carboxylic acids is 1. The van der Waals surface area contributed by atoms with E-state index >= 15 is 0 Å². The zero-order chi connectivity index (χ0) is 15.5. The molecule has 0 aromatic heterocycles. The maximum Gasteiger partial charge on any atom is 0.321 e. The first kappa shape index (κ1) is 17.6. The third-order valence-electron chi connectivity index (χ3n) is 2.49. The molecular formula is C12H15Br2NO4S. The van der Waals surface area contributed by atoms with Crippen molar-refractivity contribution in [1.82, 2.24) is 4.72 Å². The van der Waals surface area contributed by atoms with Crippen molar-refractivity contribution in [1.29, 1.82) is 0 Å². The summed E-state index contributed by atoms with van der Waals surface area (Å²) in [4.78, 5) is 11.1. The van der Waals surface area contributed by atoms with Gasteiger partial charge in [0, 0.05) is 8.95 Å². The second kappa shape index (κ2) is 7.02. The quantitative estimate of drug-likeness (QED) is 0.729. The lowest BCUT2D eigenvalue weighted by molar-refractivity contribution is -0.139. The van der Waals surface area contributed by atoms with Crippen LogP contribution in [0.25, 0.3) is 0 Å². The van der Waals surface area contributed by atoms with Crippen LogP contribution in [-0.4, -0.2) is 25.5 Å². The summed E-state index contributed by atoms with van der Waals surface area (Å²) in [5.74, 6) is -1.12. The smallest absolute Gasteiger partial charge is 0.321 e. The largest absolute Gasteiger partial charge is 0.480 e. The standard InChI is InChI=1S/C12H15Br2NO4S/c1-7(2)5-10(12(16)17)15-20(18,19)11-4-3-8(13)6-9(11)14/h3-4,6-7,10,15H,5H2,1-2H3,(H,16,17). The van der Waals surface area contributed by atoms with Gasteiger partial charge in [0.25, 0.3) is 0 Å². The molecule has 0 heterocycles. The monoisotopic (exact) mass is 427 g/mol. The molecule has 2 N–H and O–H groups in total. The summed E-state index contributed by atoms with van der Waals surface area (Å²) in [5, 5.41) is 9.10. The van der Waals surface area contributed by atoms with Crippen LogP contribution in [0.4, 0.5) is 0 Å². The van der Waals surface area contributed by atoms with Crippen LogP contribution in [0.5, 0.6) is 0 Å². The molecule has 0 aliphatic carbocycles. The highest BCUT2D eigenvalue weighted by atomic mass is 79.9. The van der Waals surface area contributed by atoms with E-state index in [1.807, 2.05) is 13.8 Å². The number of hydrogen-bond donors (Lipinski definition) is 2. The molecule has 0 aliphatic rings. The maximum atomic E-state index is 12.2. The number of hydrogen-bond acceptors (Lipinski definition) is 3. The molecule has 0 spiro atoms. The Morgan fingerprint density at radius 2 is 1.95 bits per heavy atom. The van der Waals surface area contributed by atoms with Gasteiger partial charge in [-0.25, -0.2) is 8.42 Å². The van der Waals surface area contributed by atoms with E-state index < -0.39 is 22.0 Å². The normalized spacial score (nSPS) is 13.4. The molecule has 1 rings (SSSR count). The summed E-state index contributed by atoms with van der Waals surface area (Å²) in [6.07, 6.45) is 0.225. The topological polar surface area (TPSA) is 83.5 Å². The Bertz CT molecular complexity index is 601. The van der Waals surface area contributed by atoms with E-state index in [0.717, 1.165) is 4.47 Å². The predicted octanol–water partition coefficient (Wildman–Crippen LogP) is 2.99. The zero-order valence-corrected chi connectivity index (χ0v) is 14.9. The van der Waals surface area contributed by atoms with Gasteiger partial charge in [-0.3, -0.25) is 4.79 Å². The first-order valence-electron chi connectivity index (χ1n) is 5.83. The van der Waals surface area contributed by atoms with Crippen LogP contribution in [-0.2, 0) is 14.8 Å². The highest BCUT2D eigenvalue weighted by molar-refractivity contribution is 9.11. The van der Waals surface area contributed by atoms with E-state index in [4.69, 9.17) is 5.11 Å². The summed E-state index contributed by atoms with van der Waals surface area (Å²) in [6.45, 7) is 3.67. The van der Waals surface area contributed by atoms with Crippen LogP contribution in [0, 0.1) is 5.92 Å². The average molecular weight is 429 g/mol. The lowest BCUT2D eigenvalue weighted by Crippen LogP contribution is -2.41. The van der Waals surface area contributed by atoms with Crippen LogP contribution in [0.15, 0.2) is 32.0 Å². The van der Waals surface area contributed by atoms with E-state index in [1.54, 1.807) is 12.1 Å². The van der Waals surface area contributed by atoms with Gasteiger partial charge < -0.3 is 5.11 Å². The van der Waals surface area contributed by atoms with Gasteiger partial charge in [0.05, 0.1) is 4.90 Å². The molecule has 0 aliphatic heterocycles.